The van der Waals surface area contributed by atoms with Crippen LogP contribution in [0, 0.1) is 11.8 Å². The molecule has 2 aromatic rings. The SMILES string of the molecule is O=C(Nc1cc(Cl)c(C(F)(F)F)cc1F)N1[C@@H]2CC[C@H]1c1ccnc(F)c1[C@H]2F. The van der Waals surface area contributed by atoms with Gasteiger partial charge in [-0.05, 0) is 36.6 Å². The Hall–Kier alpha value is -2.49. The maximum Gasteiger partial charge on any atom is 0.417 e. The molecule has 2 aliphatic heterocycles. The molecule has 0 aliphatic carbocycles. The van der Waals surface area contributed by atoms with E-state index in [1.807, 2.05) is 0 Å². The maximum atomic E-state index is 14.9. The van der Waals surface area contributed by atoms with Gasteiger partial charge in [0.15, 0.2) is 6.17 Å². The lowest BCUT2D eigenvalue weighted by Gasteiger charge is -2.38. The summed E-state index contributed by atoms with van der Waals surface area (Å²) in [5, 5.41) is 1.36. The van der Waals surface area contributed by atoms with Gasteiger partial charge in [-0.25, -0.2) is 18.6 Å². The van der Waals surface area contributed by atoms with E-state index in [1.54, 1.807) is 0 Å². The molecular weight excluding hydrogens is 424 g/mol. The van der Waals surface area contributed by atoms with Crippen LogP contribution >= 0.6 is 11.6 Å². The largest absolute Gasteiger partial charge is 0.417 e. The molecule has 0 unspecified atom stereocenters. The molecule has 0 saturated carbocycles. The molecule has 1 fully saturated rings. The molecule has 0 spiro atoms. The fraction of sp³-hybridized carbons (Fsp3) is 0.333. The number of pyridine rings is 1. The molecule has 3 atom stereocenters. The Balaban J connectivity index is 1.64. The molecule has 11 heteroatoms. The highest BCUT2D eigenvalue weighted by Gasteiger charge is 2.49. The fourth-order valence-electron chi connectivity index (χ4n) is 3.98. The van der Waals surface area contributed by atoms with Gasteiger partial charge in [0.25, 0.3) is 0 Å². The number of halogens is 7. The molecule has 2 bridgehead atoms. The highest BCUT2D eigenvalue weighted by molar-refractivity contribution is 6.31. The second-order valence-electron chi connectivity index (χ2n) is 6.81. The first-order valence-corrected chi connectivity index (χ1v) is 8.91. The van der Waals surface area contributed by atoms with Gasteiger partial charge in [-0.15, -0.1) is 0 Å². The Kier molecular flexibility index (Phi) is 4.64. The van der Waals surface area contributed by atoms with Crippen LogP contribution in [0.15, 0.2) is 24.4 Å². The van der Waals surface area contributed by atoms with E-state index in [9.17, 15) is 31.1 Å². The first kappa shape index (κ1) is 19.8. The van der Waals surface area contributed by atoms with E-state index >= 15 is 0 Å². The van der Waals surface area contributed by atoms with Crippen molar-refractivity contribution >= 4 is 23.3 Å². The van der Waals surface area contributed by atoms with Crippen LogP contribution in [0.4, 0.5) is 36.8 Å². The lowest BCUT2D eigenvalue weighted by atomic mass is 9.93. The predicted molar refractivity (Wildman–Crippen MR) is 91.1 cm³/mol. The molecule has 1 aromatic carbocycles. The van der Waals surface area contributed by atoms with Crippen molar-refractivity contribution in [3.05, 3.63) is 57.9 Å². The number of carbonyl (C=O) groups is 1. The molecule has 0 radical (unpaired) electrons. The van der Waals surface area contributed by atoms with Gasteiger partial charge in [-0.2, -0.15) is 17.6 Å². The van der Waals surface area contributed by atoms with E-state index in [2.05, 4.69) is 10.3 Å². The zero-order chi connectivity index (χ0) is 21.1. The number of carbonyl (C=O) groups excluding carboxylic acids is 1. The van der Waals surface area contributed by atoms with Crippen molar-refractivity contribution in [2.75, 3.05) is 5.32 Å². The normalized spacial score (nSPS) is 23.1. The Morgan fingerprint density at radius 3 is 2.66 bits per heavy atom. The average Bonchev–Trinajstić information content (AvgIpc) is 3.01. The van der Waals surface area contributed by atoms with E-state index < -0.39 is 58.5 Å². The fourth-order valence-corrected chi connectivity index (χ4v) is 4.25. The van der Waals surface area contributed by atoms with Crippen molar-refractivity contribution in [2.45, 2.75) is 37.3 Å². The zero-order valence-corrected chi connectivity index (χ0v) is 15.2. The summed E-state index contributed by atoms with van der Waals surface area (Å²) in [6, 6.07) is -0.345. The summed E-state index contributed by atoms with van der Waals surface area (Å²) in [5.74, 6) is -2.29. The van der Waals surface area contributed by atoms with E-state index in [0.29, 0.717) is 12.5 Å². The van der Waals surface area contributed by atoms with Crippen LogP contribution in [-0.2, 0) is 6.18 Å². The highest BCUT2D eigenvalue weighted by Crippen LogP contribution is 2.50. The average molecular weight is 436 g/mol. The van der Waals surface area contributed by atoms with Gasteiger partial charge in [0.1, 0.15) is 5.82 Å². The number of amides is 2. The number of anilines is 1. The number of nitrogens with zero attached hydrogens (tertiary/aromatic N) is 2. The molecule has 4 nitrogen and oxygen atoms in total. The number of fused-ring (bicyclic) bond motifs is 4. The summed E-state index contributed by atoms with van der Waals surface area (Å²) in [5.41, 5.74) is -1.89. The number of alkyl halides is 4. The van der Waals surface area contributed by atoms with Crippen LogP contribution in [0.1, 0.15) is 41.7 Å². The minimum atomic E-state index is -4.87. The summed E-state index contributed by atoms with van der Waals surface area (Å²) in [6.45, 7) is 0. The van der Waals surface area contributed by atoms with Crippen molar-refractivity contribution in [1.82, 2.24) is 9.88 Å². The van der Waals surface area contributed by atoms with E-state index in [4.69, 9.17) is 11.6 Å². The van der Waals surface area contributed by atoms with Crippen LogP contribution in [0.2, 0.25) is 5.02 Å². The van der Waals surface area contributed by atoms with Crippen LogP contribution in [-0.4, -0.2) is 22.0 Å². The third-order valence-corrected chi connectivity index (χ3v) is 5.53. The minimum absolute atomic E-state index is 0.178. The molecule has 4 rings (SSSR count). The van der Waals surface area contributed by atoms with Crippen LogP contribution < -0.4 is 5.32 Å². The van der Waals surface area contributed by atoms with Crippen molar-refractivity contribution in [1.29, 1.82) is 0 Å². The smallest absolute Gasteiger partial charge is 0.311 e. The lowest BCUT2D eigenvalue weighted by Crippen LogP contribution is -2.45. The van der Waals surface area contributed by atoms with Gasteiger partial charge in [0.2, 0.25) is 5.95 Å². The molecule has 1 saturated heterocycles. The highest BCUT2D eigenvalue weighted by atomic mass is 35.5. The molecule has 1 N–H and O–H groups in total. The molecule has 2 aliphatic rings. The van der Waals surface area contributed by atoms with E-state index in [-0.39, 0.29) is 23.6 Å². The Morgan fingerprint density at radius 1 is 1.24 bits per heavy atom. The Bertz CT molecular complexity index is 998. The maximum absolute atomic E-state index is 14.9. The summed E-state index contributed by atoms with van der Waals surface area (Å²) < 4.78 is 81.5. The second kappa shape index (κ2) is 6.79. The first-order chi connectivity index (χ1) is 13.6. The number of hydrogen-bond donors (Lipinski definition) is 1. The summed E-state index contributed by atoms with van der Waals surface area (Å²) in [6.07, 6.45) is -4.95. The van der Waals surface area contributed by atoms with Gasteiger partial charge < -0.3 is 10.2 Å². The predicted octanol–water partition coefficient (Wildman–Crippen LogP) is 5.79. The zero-order valence-electron chi connectivity index (χ0n) is 14.4. The quantitative estimate of drug-likeness (QED) is 0.455. The van der Waals surface area contributed by atoms with Gasteiger partial charge in [0, 0.05) is 11.8 Å². The topological polar surface area (TPSA) is 45.2 Å². The third-order valence-electron chi connectivity index (χ3n) is 5.22. The van der Waals surface area contributed by atoms with Crippen molar-refractivity contribution in [3.8, 4) is 0 Å². The summed E-state index contributed by atoms with van der Waals surface area (Å²) in [4.78, 5) is 17.3. The monoisotopic (exact) mass is 435 g/mol. The standard InChI is InChI=1S/C18H12ClF6N3O/c19-9-6-11(10(20)5-8(9)18(23,24)25)27-17(29)28-12-1-2-13(28)15(21)14-7(12)3-4-26-16(14)22/h3-6,12-13,15H,1-2H2,(H,27,29)/t12-,13+,15-/m0/s1. The lowest BCUT2D eigenvalue weighted by molar-refractivity contribution is -0.137. The molecule has 2 amide bonds. The van der Waals surface area contributed by atoms with Gasteiger partial charge >= 0.3 is 12.2 Å². The van der Waals surface area contributed by atoms with Crippen molar-refractivity contribution < 1.29 is 31.1 Å². The Morgan fingerprint density at radius 2 is 1.97 bits per heavy atom. The van der Waals surface area contributed by atoms with E-state index in [1.165, 1.54) is 6.07 Å². The molecular formula is C18H12ClF6N3O. The van der Waals surface area contributed by atoms with Gasteiger partial charge in [-0.1, -0.05) is 11.6 Å². The number of aromatic nitrogens is 1. The summed E-state index contributed by atoms with van der Waals surface area (Å²) >= 11 is 5.57. The van der Waals surface area contributed by atoms with Crippen molar-refractivity contribution in [3.63, 3.8) is 0 Å². The van der Waals surface area contributed by atoms with Gasteiger partial charge in [0.05, 0.1) is 28.4 Å². The number of nitrogens with one attached hydrogen (secondary N) is 1. The number of benzene rings is 1. The minimum Gasteiger partial charge on any atom is -0.311 e. The second-order valence-corrected chi connectivity index (χ2v) is 7.22. The van der Waals surface area contributed by atoms with E-state index in [0.717, 1.165) is 11.1 Å². The van der Waals surface area contributed by atoms with Crippen LogP contribution in [0.25, 0.3) is 0 Å². The molecule has 29 heavy (non-hydrogen) atoms. The summed E-state index contributed by atoms with van der Waals surface area (Å²) in [7, 11) is 0. The number of urea groups is 1. The number of rotatable bonds is 1. The first-order valence-electron chi connectivity index (χ1n) is 8.53. The Labute approximate surface area is 165 Å². The van der Waals surface area contributed by atoms with Crippen LogP contribution in [0.5, 0.6) is 0 Å². The molecule has 3 heterocycles. The third kappa shape index (κ3) is 3.19. The van der Waals surface area contributed by atoms with Crippen LogP contribution in [0.3, 0.4) is 0 Å². The molecule has 1 aromatic heterocycles. The van der Waals surface area contributed by atoms with Crippen molar-refractivity contribution in [2.24, 2.45) is 0 Å². The molecule has 154 valence electrons. The van der Waals surface area contributed by atoms with Gasteiger partial charge in [-0.3, -0.25) is 0 Å². The number of hydrogen-bond acceptors (Lipinski definition) is 2.